The molecule has 3 heteroatoms. The molecule has 0 spiro atoms. The molecule has 0 aromatic heterocycles. The highest BCUT2D eigenvalue weighted by Gasteiger charge is 2.28. The summed E-state index contributed by atoms with van der Waals surface area (Å²) in [5.74, 6) is 0.903. The Bertz CT molecular complexity index is 411. The lowest BCUT2D eigenvalue weighted by Gasteiger charge is -2.29. The van der Waals surface area contributed by atoms with Gasteiger partial charge in [0.1, 0.15) is 5.75 Å². The van der Waals surface area contributed by atoms with Crippen LogP contribution in [0.3, 0.4) is 0 Å². The molecule has 1 aromatic carbocycles. The third-order valence-electron chi connectivity index (χ3n) is 4.38. The lowest BCUT2D eigenvalue weighted by Crippen LogP contribution is -2.41. The van der Waals surface area contributed by atoms with E-state index < -0.39 is 5.60 Å². The fraction of sp³-hybridized carbons (Fsp3) is 0.647. The molecule has 0 unspecified atom stereocenters. The van der Waals surface area contributed by atoms with Gasteiger partial charge in [0.25, 0.3) is 0 Å². The summed E-state index contributed by atoms with van der Waals surface area (Å²) in [6.45, 7) is 2.78. The van der Waals surface area contributed by atoms with Crippen LogP contribution in [0.15, 0.2) is 24.3 Å². The van der Waals surface area contributed by atoms with Gasteiger partial charge < -0.3 is 15.2 Å². The predicted molar refractivity (Wildman–Crippen MR) is 82.1 cm³/mol. The van der Waals surface area contributed by atoms with Gasteiger partial charge in [0, 0.05) is 18.2 Å². The zero-order valence-corrected chi connectivity index (χ0v) is 12.7. The Balaban J connectivity index is 1.95. The van der Waals surface area contributed by atoms with Crippen LogP contribution < -0.4 is 10.1 Å². The van der Waals surface area contributed by atoms with Gasteiger partial charge in [-0.25, -0.2) is 0 Å². The van der Waals surface area contributed by atoms with Crippen LogP contribution in [0.4, 0.5) is 0 Å². The average molecular weight is 277 g/mol. The topological polar surface area (TPSA) is 41.5 Å². The number of methoxy groups -OCH3 is 1. The van der Waals surface area contributed by atoms with E-state index in [4.69, 9.17) is 4.74 Å². The van der Waals surface area contributed by atoms with Crippen molar-refractivity contribution >= 4 is 0 Å². The molecule has 0 aliphatic heterocycles. The molecule has 0 radical (unpaired) electrons. The van der Waals surface area contributed by atoms with E-state index in [-0.39, 0.29) is 6.04 Å². The summed E-state index contributed by atoms with van der Waals surface area (Å²) in [5.41, 5.74) is 0.611. The number of hydrogen-bond acceptors (Lipinski definition) is 3. The van der Waals surface area contributed by atoms with Gasteiger partial charge in [-0.05, 0) is 25.8 Å². The second-order valence-corrected chi connectivity index (χ2v) is 5.98. The van der Waals surface area contributed by atoms with Gasteiger partial charge in [0.15, 0.2) is 0 Å². The monoisotopic (exact) mass is 277 g/mol. The normalized spacial score (nSPS) is 20.1. The fourth-order valence-corrected chi connectivity index (χ4v) is 3.04. The van der Waals surface area contributed by atoms with Crippen LogP contribution in [0.25, 0.3) is 0 Å². The van der Waals surface area contributed by atoms with E-state index in [1.54, 1.807) is 7.11 Å². The maximum atomic E-state index is 10.7. The van der Waals surface area contributed by atoms with Crippen molar-refractivity contribution in [2.45, 2.75) is 57.1 Å². The Hall–Kier alpha value is -1.06. The van der Waals surface area contributed by atoms with Gasteiger partial charge in [0.05, 0.1) is 12.7 Å². The van der Waals surface area contributed by atoms with Crippen molar-refractivity contribution in [3.8, 4) is 5.75 Å². The highest BCUT2D eigenvalue weighted by Crippen LogP contribution is 2.28. The van der Waals surface area contributed by atoms with Crippen molar-refractivity contribution in [1.82, 2.24) is 5.32 Å². The minimum Gasteiger partial charge on any atom is -0.496 e. The van der Waals surface area contributed by atoms with Gasteiger partial charge in [-0.15, -0.1) is 0 Å². The summed E-state index contributed by atoms with van der Waals surface area (Å²) in [4.78, 5) is 0. The highest BCUT2D eigenvalue weighted by molar-refractivity contribution is 5.35. The van der Waals surface area contributed by atoms with Crippen LogP contribution in [0, 0.1) is 0 Å². The molecular formula is C17H27NO2. The molecule has 1 aromatic rings. The van der Waals surface area contributed by atoms with Crippen LogP contribution in [-0.2, 0) is 0 Å². The molecule has 2 rings (SSSR count). The maximum absolute atomic E-state index is 10.7. The Kier molecular flexibility index (Phi) is 5.44. The molecule has 112 valence electrons. The molecule has 0 heterocycles. The van der Waals surface area contributed by atoms with Crippen LogP contribution in [0.5, 0.6) is 5.75 Å². The van der Waals surface area contributed by atoms with E-state index >= 15 is 0 Å². The average Bonchev–Trinajstić information content (AvgIpc) is 2.70. The molecule has 1 atom stereocenters. The first-order valence-corrected chi connectivity index (χ1v) is 7.73. The van der Waals surface area contributed by atoms with E-state index in [1.807, 2.05) is 18.2 Å². The van der Waals surface area contributed by atoms with Gasteiger partial charge in [-0.2, -0.15) is 0 Å². The number of rotatable bonds is 5. The molecule has 1 aliphatic rings. The lowest BCUT2D eigenvalue weighted by atomic mass is 9.94. The number of ether oxygens (including phenoxy) is 1. The summed E-state index contributed by atoms with van der Waals surface area (Å²) in [5, 5.41) is 14.2. The number of nitrogens with one attached hydrogen (secondary N) is 1. The van der Waals surface area contributed by atoms with Gasteiger partial charge >= 0.3 is 0 Å². The number of benzene rings is 1. The van der Waals surface area contributed by atoms with Crippen LogP contribution in [0.2, 0.25) is 0 Å². The van der Waals surface area contributed by atoms with E-state index in [2.05, 4.69) is 18.3 Å². The van der Waals surface area contributed by atoms with Crippen LogP contribution >= 0.6 is 0 Å². The van der Waals surface area contributed by atoms with Gasteiger partial charge in [-0.1, -0.05) is 43.9 Å². The summed E-state index contributed by atoms with van der Waals surface area (Å²) in [6, 6.07) is 8.24. The maximum Gasteiger partial charge on any atom is 0.123 e. The Morgan fingerprint density at radius 3 is 2.50 bits per heavy atom. The molecule has 0 bridgehead atoms. The minimum atomic E-state index is -0.535. The lowest BCUT2D eigenvalue weighted by molar-refractivity contribution is 0.0231. The second kappa shape index (κ2) is 7.09. The molecular weight excluding hydrogens is 250 g/mol. The number of hydrogen-bond donors (Lipinski definition) is 2. The molecule has 1 fully saturated rings. The highest BCUT2D eigenvalue weighted by atomic mass is 16.5. The Morgan fingerprint density at radius 1 is 1.20 bits per heavy atom. The fourth-order valence-electron chi connectivity index (χ4n) is 3.04. The minimum absolute atomic E-state index is 0.179. The molecule has 1 saturated carbocycles. The largest absolute Gasteiger partial charge is 0.496 e. The van der Waals surface area contributed by atoms with Crippen molar-refractivity contribution in [3.05, 3.63) is 29.8 Å². The Labute approximate surface area is 122 Å². The predicted octanol–water partition coefficient (Wildman–Crippen LogP) is 3.43. The molecule has 2 N–H and O–H groups in total. The van der Waals surface area contributed by atoms with Crippen LogP contribution in [0.1, 0.15) is 57.1 Å². The third-order valence-corrected chi connectivity index (χ3v) is 4.38. The van der Waals surface area contributed by atoms with E-state index in [0.717, 1.165) is 37.0 Å². The molecule has 0 saturated heterocycles. The van der Waals surface area contributed by atoms with Crippen LogP contribution in [-0.4, -0.2) is 24.4 Å². The van der Waals surface area contributed by atoms with E-state index in [9.17, 15) is 5.11 Å². The molecule has 3 nitrogen and oxygen atoms in total. The smallest absolute Gasteiger partial charge is 0.123 e. The van der Waals surface area contributed by atoms with Gasteiger partial charge in [0.2, 0.25) is 0 Å². The first-order valence-electron chi connectivity index (χ1n) is 7.73. The van der Waals surface area contributed by atoms with E-state index in [1.165, 1.54) is 12.8 Å². The SMILES string of the molecule is COc1ccccc1[C@H](C)NCC1(O)CCCCCC1. The zero-order valence-electron chi connectivity index (χ0n) is 12.7. The van der Waals surface area contributed by atoms with Crippen molar-refractivity contribution < 1.29 is 9.84 Å². The molecule has 0 amide bonds. The standard InChI is InChI=1S/C17H27NO2/c1-14(15-9-5-6-10-16(15)20-2)18-13-17(19)11-7-3-4-8-12-17/h5-6,9-10,14,18-19H,3-4,7-8,11-13H2,1-2H3/t14-/m0/s1. The van der Waals surface area contributed by atoms with E-state index in [0.29, 0.717) is 6.54 Å². The third kappa shape index (κ3) is 3.97. The van der Waals surface area contributed by atoms with Crippen molar-refractivity contribution in [2.75, 3.05) is 13.7 Å². The summed E-state index contributed by atoms with van der Waals surface area (Å²) in [6.07, 6.45) is 6.62. The Morgan fingerprint density at radius 2 is 1.85 bits per heavy atom. The first-order chi connectivity index (χ1) is 9.64. The van der Waals surface area contributed by atoms with Gasteiger partial charge in [-0.3, -0.25) is 0 Å². The zero-order chi connectivity index (χ0) is 14.4. The summed E-state index contributed by atoms with van der Waals surface area (Å²) in [7, 11) is 1.70. The summed E-state index contributed by atoms with van der Waals surface area (Å²) < 4.78 is 5.40. The first kappa shape index (κ1) is 15.3. The van der Waals surface area contributed by atoms with Crippen molar-refractivity contribution in [3.63, 3.8) is 0 Å². The van der Waals surface area contributed by atoms with Crippen molar-refractivity contribution in [2.24, 2.45) is 0 Å². The molecule has 20 heavy (non-hydrogen) atoms. The molecule has 1 aliphatic carbocycles. The number of para-hydroxylation sites is 1. The second-order valence-electron chi connectivity index (χ2n) is 5.98. The number of aliphatic hydroxyl groups is 1. The van der Waals surface area contributed by atoms with Crippen molar-refractivity contribution in [1.29, 1.82) is 0 Å². The summed E-state index contributed by atoms with van der Waals surface area (Å²) >= 11 is 0. The quantitative estimate of drug-likeness (QED) is 0.810.